The maximum atomic E-state index is 4.17. The summed E-state index contributed by atoms with van der Waals surface area (Å²) in [5.74, 6) is 0. The molecule has 0 aliphatic heterocycles. The number of H-pyrrole nitrogens is 2. The van der Waals surface area contributed by atoms with E-state index >= 15 is 0 Å². The van der Waals surface area contributed by atoms with Crippen LogP contribution in [-0.4, -0.2) is 9.97 Å². The number of nitrogens with one attached hydrogen (secondary N) is 2. The smallest absolute Gasteiger partial charge is 0.0734 e. The molecule has 0 atom stereocenters. The second-order valence-electron chi connectivity index (χ2n) is 25.8. The third-order valence-electron chi connectivity index (χ3n) is 22.2. The van der Waals surface area contributed by atoms with Gasteiger partial charge >= 0.3 is 0 Å². The van der Waals surface area contributed by atoms with Gasteiger partial charge in [-0.05, 0) is 158 Å². The monoisotopic (exact) mass is 1140 g/mol. The highest BCUT2D eigenvalue weighted by Crippen LogP contribution is 2.65. The molecule has 4 spiro atoms. The van der Waals surface area contributed by atoms with E-state index in [0.29, 0.717) is 0 Å². The van der Waals surface area contributed by atoms with Crippen molar-refractivity contribution in [2.45, 2.75) is 21.7 Å². The number of aromatic amines is 2. The molecule has 2 N–H and O–H groups in total. The van der Waals surface area contributed by atoms with E-state index in [0.717, 1.165) is 22.1 Å². The van der Waals surface area contributed by atoms with Gasteiger partial charge in [0.15, 0.2) is 0 Å². The van der Waals surface area contributed by atoms with Crippen molar-refractivity contribution in [1.82, 2.24) is 9.97 Å². The molecular weight excluding hydrogens is 1080 g/mol. The highest BCUT2D eigenvalue weighted by Gasteiger charge is 2.54. The van der Waals surface area contributed by atoms with Gasteiger partial charge in [0.25, 0.3) is 0 Å². The fourth-order valence-electron chi connectivity index (χ4n) is 18.9. The summed E-state index contributed by atoms with van der Waals surface area (Å²) < 4.78 is 0. The Labute approximate surface area is 521 Å². The van der Waals surface area contributed by atoms with Gasteiger partial charge in [-0.25, -0.2) is 0 Å². The molecule has 2 aromatic heterocycles. The zero-order chi connectivity index (χ0) is 58.7. The van der Waals surface area contributed by atoms with Crippen LogP contribution in [0.25, 0.3) is 88.1 Å². The third kappa shape index (κ3) is 5.66. The number of aromatic nitrogens is 2. The minimum atomic E-state index is -0.792. The molecule has 2 nitrogen and oxygen atoms in total. The van der Waals surface area contributed by atoms with E-state index in [9.17, 15) is 0 Å². The number of benzene rings is 14. The van der Waals surface area contributed by atoms with Crippen molar-refractivity contribution in [2.75, 3.05) is 0 Å². The van der Waals surface area contributed by atoms with Crippen molar-refractivity contribution in [3.8, 4) is 44.5 Å². The van der Waals surface area contributed by atoms with Gasteiger partial charge in [0.05, 0.1) is 32.7 Å². The molecule has 16 aromatic rings. The summed E-state index contributed by atoms with van der Waals surface area (Å²) in [7, 11) is 0. The Morgan fingerprint density at radius 2 is 0.389 bits per heavy atom. The van der Waals surface area contributed by atoms with Crippen LogP contribution in [0.4, 0.5) is 0 Å². The van der Waals surface area contributed by atoms with Gasteiger partial charge in [-0.15, -0.1) is 0 Å². The second kappa shape index (κ2) is 17.3. The summed E-state index contributed by atoms with van der Waals surface area (Å²) in [6.07, 6.45) is 0. The Balaban J connectivity index is 1.00. The van der Waals surface area contributed by atoms with Crippen LogP contribution in [0.15, 0.2) is 315 Å². The van der Waals surface area contributed by atoms with Crippen LogP contribution in [0.2, 0.25) is 0 Å². The molecule has 90 heavy (non-hydrogen) atoms. The molecule has 0 radical (unpaired) electrons. The zero-order valence-electron chi connectivity index (χ0n) is 49.0. The molecule has 8 aliphatic rings. The van der Waals surface area contributed by atoms with E-state index in [-0.39, 0.29) is 0 Å². The van der Waals surface area contributed by atoms with Crippen LogP contribution in [0.1, 0.15) is 89.0 Å². The quantitative estimate of drug-likeness (QED) is 0.152. The molecular formula is C88H54N2. The fraction of sp³-hybridized carbons (Fsp3) is 0.0455. The molecule has 416 valence electrons. The minimum absolute atomic E-state index is 0.764. The minimum Gasteiger partial charge on any atom is -0.354 e. The van der Waals surface area contributed by atoms with Gasteiger partial charge in [0.1, 0.15) is 0 Å². The molecule has 0 amide bonds. The highest BCUT2D eigenvalue weighted by atomic mass is 14.7. The Morgan fingerprint density at radius 3 is 0.667 bits per heavy atom. The molecule has 8 bridgehead atoms. The topological polar surface area (TPSA) is 31.6 Å². The molecule has 0 saturated heterocycles. The molecule has 0 fully saturated rings. The van der Waals surface area contributed by atoms with E-state index in [1.807, 2.05) is 0 Å². The fourth-order valence-corrected chi connectivity index (χ4v) is 18.9. The molecule has 8 aliphatic carbocycles. The Morgan fingerprint density at radius 1 is 0.167 bits per heavy atom. The third-order valence-corrected chi connectivity index (χ3v) is 22.2. The van der Waals surface area contributed by atoms with Crippen molar-refractivity contribution in [1.29, 1.82) is 0 Å². The number of fused-ring (bicyclic) bond motifs is 18. The van der Waals surface area contributed by atoms with E-state index in [1.54, 1.807) is 0 Å². The van der Waals surface area contributed by atoms with E-state index < -0.39 is 21.7 Å². The van der Waals surface area contributed by atoms with Crippen molar-refractivity contribution in [3.05, 3.63) is 404 Å². The summed E-state index contributed by atoms with van der Waals surface area (Å²) in [5, 5.41) is 4.83. The summed E-state index contributed by atoms with van der Waals surface area (Å²) in [6, 6.07) is 123. The van der Waals surface area contributed by atoms with Gasteiger partial charge in [-0.2, -0.15) is 0 Å². The number of para-hydroxylation sites is 2. The van der Waals surface area contributed by atoms with E-state index in [4.69, 9.17) is 0 Å². The van der Waals surface area contributed by atoms with Gasteiger partial charge in [0, 0.05) is 32.6 Å². The lowest BCUT2D eigenvalue weighted by atomic mass is 9.61. The van der Waals surface area contributed by atoms with Crippen LogP contribution < -0.4 is 0 Å². The average Bonchev–Trinajstić information content (AvgIpc) is 1.49. The maximum absolute atomic E-state index is 4.17. The SMILES string of the molecule is c1ccc2c(c1)-c1ccccc1C21c2ccc(cc2)C2(c3ccccc3-c3ccccc32)c2cc(cc3c2[nH]c2ccccc23)C2(c3ccc(cc3)C3(c4ccccc4-c4ccccc43)c3cc1cc1c3[nH]c3ccccc31)c1ccccc1-c1ccccc12. The lowest BCUT2D eigenvalue weighted by Crippen LogP contribution is -2.34. The van der Waals surface area contributed by atoms with E-state index in [1.165, 1.54) is 155 Å². The average molecular weight is 1140 g/mol. The molecule has 14 aromatic carbocycles. The van der Waals surface area contributed by atoms with Gasteiger partial charge < -0.3 is 9.97 Å². The molecule has 2 heteroatoms. The molecule has 0 saturated carbocycles. The standard InChI is InChI=1S/C88H54N2/c1-11-31-71-59(21-1)60-22-2-12-32-72(60)85(71)53-41-45-55(46-42-53)88(77-37-17-7-27-65(77)66-28-8-18-38-78(66)88)80-52-58(50-70-68-30-10-20-40-82(68)90-84(70)80)86(73-33-13-3-23-61(73)62-24-4-14-34-74(62)86)54-43-47-56(48-44-54)87(75-35-15-5-25-63(75)64-26-6-16-36-76(64)87)79-51-57(85)49-69-67-29-9-19-39-81(67)89-83(69)79/h1-52,89-90H. The second-order valence-corrected chi connectivity index (χ2v) is 25.8. The van der Waals surface area contributed by atoms with Crippen LogP contribution in [0.5, 0.6) is 0 Å². The molecule has 24 rings (SSSR count). The highest BCUT2D eigenvalue weighted by molar-refractivity contribution is 6.12. The first-order valence-corrected chi connectivity index (χ1v) is 31.7. The first-order valence-electron chi connectivity index (χ1n) is 31.7. The predicted molar refractivity (Wildman–Crippen MR) is 368 cm³/mol. The molecule has 2 heterocycles. The number of hydrogen-bond donors (Lipinski definition) is 2. The Kier molecular flexibility index (Phi) is 9.35. The van der Waals surface area contributed by atoms with Gasteiger partial charge in [-0.3, -0.25) is 0 Å². The largest absolute Gasteiger partial charge is 0.354 e. The maximum Gasteiger partial charge on any atom is 0.0734 e. The van der Waals surface area contributed by atoms with E-state index in [2.05, 4.69) is 325 Å². The van der Waals surface area contributed by atoms with Crippen LogP contribution in [0, 0.1) is 0 Å². The summed E-state index contributed by atoms with van der Waals surface area (Å²) in [6.45, 7) is 0. The van der Waals surface area contributed by atoms with Crippen molar-refractivity contribution in [2.24, 2.45) is 0 Å². The van der Waals surface area contributed by atoms with Crippen molar-refractivity contribution >= 4 is 43.6 Å². The summed E-state index contributed by atoms with van der Waals surface area (Å²) in [4.78, 5) is 8.35. The van der Waals surface area contributed by atoms with Crippen LogP contribution in [-0.2, 0) is 21.7 Å². The number of rotatable bonds is 0. The zero-order valence-corrected chi connectivity index (χ0v) is 49.0. The summed E-state index contributed by atoms with van der Waals surface area (Å²) in [5.41, 5.74) is 31.5. The predicted octanol–water partition coefficient (Wildman–Crippen LogP) is 20.7. The van der Waals surface area contributed by atoms with Crippen molar-refractivity contribution in [3.63, 3.8) is 0 Å². The lowest BCUT2D eigenvalue weighted by molar-refractivity contribution is 0.728. The summed E-state index contributed by atoms with van der Waals surface area (Å²) >= 11 is 0. The number of hydrogen-bond acceptors (Lipinski definition) is 0. The molecule has 0 unspecified atom stereocenters. The Hall–Kier alpha value is -11.3. The first kappa shape index (κ1) is 48.8. The lowest BCUT2D eigenvalue weighted by Gasteiger charge is -2.40. The van der Waals surface area contributed by atoms with Crippen LogP contribution >= 0.6 is 0 Å². The van der Waals surface area contributed by atoms with Gasteiger partial charge in [-0.1, -0.05) is 291 Å². The Bertz CT molecular complexity index is 5270. The van der Waals surface area contributed by atoms with Gasteiger partial charge in [0.2, 0.25) is 0 Å². The van der Waals surface area contributed by atoms with Crippen molar-refractivity contribution < 1.29 is 0 Å². The normalized spacial score (nSPS) is 15.5. The van der Waals surface area contributed by atoms with Crippen LogP contribution in [0.3, 0.4) is 0 Å². The first-order chi connectivity index (χ1) is 44.6.